The van der Waals surface area contributed by atoms with Gasteiger partial charge in [-0.2, -0.15) is 0 Å². The molecule has 0 aliphatic carbocycles. The number of nitrogens with zero attached hydrogens (tertiary/aromatic N) is 1. The van der Waals surface area contributed by atoms with E-state index in [-0.39, 0.29) is 5.91 Å². The van der Waals surface area contributed by atoms with Crippen LogP contribution in [0.5, 0.6) is 0 Å². The molecule has 0 saturated carbocycles. The second kappa shape index (κ2) is 7.49. The van der Waals surface area contributed by atoms with Gasteiger partial charge in [0.15, 0.2) is 0 Å². The molecule has 17 heavy (non-hydrogen) atoms. The number of amides is 1. The van der Waals surface area contributed by atoms with E-state index in [1.807, 2.05) is 17.9 Å². The van der Waals surface area contributed by atoms with Crippen molar-refractivity contribution in [3.05, 3.63) is 11.6 Å². The quantitative estimate of drug-likeness (QED) is 0.746. The standard InChI is InChI=1S/C14H26N2O/c1-4-8-12(3)14(17)16(5-2)11-13-9-6-7-10-15-13/h8,13,15H,4-7,9-11H2,1-3H3/b12-8-. The molecule has 1 aliphatic rings. The van der Waals surface area contributed by atoms with E-state index < -0.39 is 0 Å². The van der Waals surface area contributed by atoms with E-state index >= 15 is 0 Å². The van der Waals surface area contributed by atoms with Gasteiger partial charge >= 0.3 is 0 Å². The van der Waals surface area contributed by atoms with E-state index in [9.17, 15) is 4.79 Å². The summed E-state index contributed by atoms with van der Waals surface area (Å²) in [6.45, 7) is 8.79. The molecular weight excluding hydrogens is 212 g/mol. The van der Waals surface area contributed by atoms with Gasteiger partial charge in [0.2, 0.25) is 5.91 Å². The Labute approximate surface area is 105 Å². The number of likely N-dealkylation sites (N-methyl/N-ethyl adjacent to an activating group) is 1. The van der Waals surface area contributed by atoms with Crippen LogP contribution in [-0.2, 0) is 4.79 Å². The van der Waals surface area contributed by atoms with Crippen molar-refractivity contribution in [3.8, 4) is 0 Å². The molecule has 1 rings (SSSR count). The van der Waals surface area contributed by atoms with Crippen LogP contribution in [-0.4, -0.2) is 36.5 Å². The molecule has 0 aromatic heterocycles. The summed E-state index contributed by atoms with van der Waals surface area (Å²) in [5, 5.41) is 3.50. The number of carbonyl (C=O) groups is 1. The zero-order chi connectivity index (χ0) is 12.7. The third kappa shape index (κ3) is 4.50. The van der Waals surface area contributed by atoms with Crippen LogP contribution in [0, 0.1) is 0 Å². The zero-order valence-corrected chi connectivity index (χ0v) is 11.5. The Morgan fingerprint density at radius 3 is 2.71 bits per heavy atom. The minimum Gasteiger partial charge on any atom is -0.338 e. The van der Waals surface area contributed by atoms with Gasteiger partial charge in [0, 0.05) is 24.7 Å². The fraction of sp³-hybridized carbons (Fsp3) is 0.786. The lowest BCUT2D eigenvalue weighted by atomic mass is 10.0. The van der Waals surface area contributed by atoms with Crippen molar-refractivity contribution in [1.82, 2.24) is 10.2 Å². The van der Waals surface area contributed by atoms with E-state index in [1.165, 1.54) is 19.3 Å². The van der Waals surface area contributed by atoms with Gasteiger partial charge in [-0.1, -0.05) is 19.4 Å². The zero-order valence-electron chi connectivity index (χ0n) is 11.5. The van der Waals surface area contributed by atoms with E-state index in [0.29, 0.717) is 6.04 Å². The van der Waals surface area contributed by atoms with Crippen LogP contribution in [0.4, 0.5) is 0 Å². The molecule has 1 atom stereocenters. The second-order valence-corrected chi connectivity index (χ2v) is 4.79. The maximum atomic E-state index is 12.2. The molecule has 1 unspecified atom stereocenters. The summed E-state index contributed by atoms with van der Waals surface area (Å²) in [5.74, 6) is 0.196. The molecule has 0 radical (unpaired) electrons. The number of carbonyl (C=O) groups excluding carboxylic acids is 1. The van der Waals surface area contributed by atoms with Crippen molar-refractivity contribution in [2.24, 2.45) is 0 Å². The first-order valence-electron chi connectivity index (χ1n) is 6.88. The van der Waals surface area contributed by atoms with Crippen molar-refractivity contribution in [2.45, 2.75) is 52.5 Å². The lowest BCUT2D eigenvalue weighted by molar-refractivity contribution is -0.127. The highest BCUT2D eigenvalue weighted by Crippen LogP contribution is 2.10. The molecule has 3 heteroatoms. The summed E-state index contributed by atoms with van der Waals surface area (Å²) in [7, 11) is 0. The minimum absolute atomic E-state index is 0.196. The Bertz CT molecular complexity index is 267. The Morgan fingerprint density at radius 1 is 1.41 bits per heavy atom. The Hall–Kier alpha value is -0.830. The number of rotatable bonds is 5. The molecule has 1 heterocycles. The average Bonchev–Trinajstić information content (AvgIpc) is 2.36. The largest absolute Gasteiger partial charge is 0.338 e. The van der Waals surface area contributed by atoms with Crippen LogP contribution < -0.4 is 5.32 Å². The maximum absolute atomic E-state index is 12.2. The number of hydrogen-bond donors (Lipinski definition) is 1. The molecule has 3 nitrogen and oxygen atoms in total. The topological polar surface area (TPSA) is 32.3 Å². The van der Waals surface area contributed by atoms with Gasteiger partial charge in [-0.25, -0.2) is 0 Å². The van der Waals surface area contributed by atoms with E-state index in [1.54, 1.807) is 0 Å². The summed E-state index contributed by atoms with van der Waals surface area (Å²) in [4.78, 5) is 14.1. The highest BCUT2D eigenvalue weighted by molar-refractivity contribution is 5.92. The van der Waals surface area contributed by atoms with Gasteiger partial charge in [0.1, 0.15) is 0 Å². The lowest BCUT2D eigenvalue weighted by Gasteiger charge is -2.30. The van der Waals surface area contributed by atoms with Crippen LogP contribution in [0.15, 0.2) is 11.6 Å². The molecule has 0 aromatic rings. The second-order valence-electron chi connectivity index (χ2n) is 4.79. The van der Waals surface area contributed by atoms with Crippen LogP contribution >= 0.6 is 0 Å². The predicted octanol–water partition coefficient (Wildman–Crippen LogP) is 2.33. The number of piperidine rings is 1. The molecule has 1 amide bonds. The summed E-state index contributed by atoms with van der Waals surface area (Å²) < 4.78 is 0. The van der Waals surface area contributed by atoms with Crippen molar-refractivity contribution in [1.29, 1.82) is 0 Å². The van der Waals surface area contributed by atoms with Crippen LogP contribution in [0.3, 0.4) is 0 Å². The molecule has 1 N–H and O–H groups in total. The molecule has 1 aliphatic heterocycles. The van der Waals surface area contributed by atoms with E-state index in [2.05, 4.69) is 19.2 Å². The van der Waals surface area contributed by atoms with E-state index in [4.69, 9.17) is 0 Å². The third-order valence-electron chi connectivity index (χ3n) is 3.37. The summed E-state index contributed by atoms with van der Waals surface area (Å²) >= 11 is 0. The maximum Gasteiger partial charge on any atom is 0.249 e. The molecule has 1 saturated heterocycles. The molecule has 1 fully saturated rings. The van der Waals surface area contributed by atoms with Gasteiger partial charge < -0.3 is 10.2 Å². The molecule has 0 bridgehead atoms. The summed E-state index contributed by atoms with van der Waals surface area (Å²) in [5.41, 5.74) is 0.880. The monoisotopic (exact) mass is 238 g/mol. The highest BCUT2D eigenvalue weighted by atomic mass is 16.2. The van der Waals surface area contributed by atoms with Crippen molar-refractivity contribution in [2.75, 3.05) is 19.6 Å². The van der Waals surface area contributed by atoms with Crippen LogP contribution in [0.1, 0.15) is 46.5 Å². The highest BCUT2D eigenvalue weighted by Gasteiger charge is 2.19. The predicted molar refractivity (Wildman–Crippen MR) is 71.9 cm³/mol. The molecule has 0 aromatic carbocycles. The normalized spacial score (nSPS) is 21.4. The summed E-state index contributed by atoms with van der Waals surface area (Å²) in [6, 6.07) is 0.488. The average molecular weight is 238 g/mol. The first-order chi connectivity index (χ1) is 8.19. The van der Waals surface area contributed by atoms with Crippen LogP contribution in [0.2, 0.25) is 0 Å². The van der Waals surface area contributed by atoms with Gasteiger partial charge in [-0.05, 0) is 39.7 Å². The Balaban J connectivity index is 2.52. The fourth-order valence-electron chi connectivity index (χ4n) is 2.34. The first kappa shape index (κ1) is 14.2. The Kier molecular flexibility index (Phi) is 6.27. The van der Waals surface area contributed by atoms with Gasteiger partial charge in [0.25, 0.3) is 0 Å². The number of hydrogen-bond acceptors (Lipinski definition) is 2. The van der Waals surface area contributed by atoms with E-state index in [0.717, 1.165) is 31.6 Å². The van der Waals surface area contributed by atoms with Gasteiger partial charge in [-0.3, -0.25) is 4.79 Å². The van der Waals surface area contributed by atoms with Crippen molar-refractivity contribution < 1.29 is 4.79 Å². The molecule has 98 valence electrons. The van der Waals surface area contributed by atoms with Crippen LogP contribution in [0.25, 0.3) is 0 Å². The SMILES string of the molecule is CC/C=C(/C)C(=O)N(CC)CC1CCCCN1. The number of nitrogens with one attached hydrogen (secondary N) is 1. The minimum atomic E-state index is 0.196. The molecule has 0 spiro atoms. The molecular formula is C14H26N2O. The van der Waals surface area contributed by atoms with Crippen molar-refractivity contribution >= 4 is 5.91 Å². The smallest absolute Gasteiger partial charge is 0.249 e. The Morgan fingerprint density at radius 2 is 2.18 bits per heavy atom. The van der Waals surface area contributed by atoms with Crippen molar-refractivity contribution in [3.63, 3.8) is 0 Å². The van der Waals surface area contributed by atoms with Gasteiger partial charge in [0.05, 0.1) is 0 Å². The lowest BCUT2D eigenvalue weighted by Crippen LogP contribution is -2.45. The first-order valence-corrected chi connectivity index (χ1v) is 6.88. The third-order valence-corrected chi connectivity index (χ3v) is 3.37. The number of allylic oxidation sites excluding steroid dienone is 1. The summed E-state index contributed by atoms with van der Waals surface area (Å²) in [6.07, 6.45) is 6.69. The fourth-order valence-corrected chi connectivity index (χ4v) is 2.34. The van der Waals surface area contributed by atoms with Gasteiger partial charge in [-0.15, -0.1) is 0 Å².